The fourth-order valence-electron chi connectivity index (χ4n) is 2.67. The Hall–Kier alpha value is -1.91. The minimum atomic E-state index is -3.58. The second-order valence-corrected chi connectivity index (χ2v) is 8.22. The Morgan fingerprint density at radius 3 is 2.40 bits per heavy atom. The van der Waals surface area contributed by atoms with E-state index in [9.17, 15) is 13.2 Å². The van der Waals surface area contributed by atoms with E-state index in [0.29, 0.717) is 18.1 Å². The van der Waals surface area contributed by atoms with Crippen molar-refractivity contribution in [2.45, 2.75) is 18.4 Å². The molecule has 0 atom stereocenters. The number of nitrogens with zero attached hydrogens (tertiary/aromatic N) is 6. The molecule has 9 nitrogen and oxygen atoms in total. The lowest BCUT2D eigenvalue weighted by atomic mass is 10.3. The van der Waals surface area contributed by atoms with E-state index in [2.05, 4.69) is 10.2 Å². The van der Waals surface area contributed by atoms with Crippen molar-refractivity contribution in [3.05, 3.63) is 29.3 Å². The van der Waals surface area contributed by atoms with Gasteiger partial charge in [-0.05, 0) is 6.92 Å². The van der Waals surface area contributed by atoms with Crippen LogP contribution in [0.3, 0.4) is 0 Å². The monoisotopic (exact) mass is 386 g/mol. The highest BCUT2D eigenvalue weighted by molar-refractivity contribution is 7.89. The van der Waals surface area contributed by atoms with Gasteiger partial charge >= 0.3 is 0 Å². The lowest BCUT2D eigenvalue weighted by molar-refractivity contribution is -0.133. The van der Waals surface area contributed by atoms with E-state index < -0.39 is 10.0 Å². The summed E-state index contributed by atoms with van der Waals surface area (Å²) in [6, 6.07) is 0. The first-order chi connectivity index (χ1) is 11.8. The van der Waals surface area contributed by atoms with Gasteiger partial charge in [0.25, 0.3) is 0 Å². The number of rotatable bonds is 4. The van der Waals surface area contributed by atoms with E-state index in [-0.39, 0.29) is 30.4 Å². The Morgan fingerprint density at radius 1 is 1.20 bits per heavy atom. The van der Waals surface area contributed by atoms with Gasteiger partial charge in [0.05, 0.1) is 23.1 Å². The summed E-state index contributed by atoms with van der Waals surface area (Å²) in [6.07, 6.45) is 4.30. The molecule has 3 rings (SSSR count). The fraction of sp³-hybridized carbons (Fsp3) is 0.500. The Bertz CT molecular complexity index is 882. The zero-order chi connectivity index (χ0) is 18.2. The van der Waals surface area contributed by atoms with Crippen LogP contribution in [0.2, 0.25) is 5.02 Å². The van der Waals surface area contributed by atoms with Crippen LogP contribution in [0.5, 0.6) is 0 Å². The van der Waals surface area contributed by atoms with Gasteiger partial charge in [0.2, 0.25) is 15.9 Å². The number of aromatic nitrogens is 4. The van der Waals surface area contributed by atoms with Crippen LogP contribution >= 0.6 is 11.6 Å². The summed E-state index contributed by atoms with van der Waals surface area (Å²) < 4.78 is 29.5. The van der Waals surface area contributed by atoms with Crippen molar-refractivity contribution < 1.29 is 13.2 Å². The minimum absolute atomic E-state index is 0.0912. The molecular weight excluding hydrogens is 368 g/mol. The van der Waals surface area contributed by atoms with Crippen molar-refractivity contribution >= 4 is 27.5 Å². The summed E-state index contributed by atoms with van der Waals surface area (Å²) in [7, 11) is -1.91. The van der Waals surface area contributed by atoms with Crippen LogP contribution in [0.4, 0.5) is 0 Å². The number of hydrogen-bond acceptors (Lipinski definition) is 5. The van der Waals surface area contributed by atoms with Crippen LogP contribution in [-0.2, 0) is 28.4 Å². The number of hydrogen-bond donors (Lipinski definition) is 0. The third-order valence-electron chi connectivity index (χ3n) is 4.24. The smallest absolute Gasteiger partial charge is 0.246 e. The molecule has 1 amide bonds. The molecule has 136 valence electrons. The largest absolute Gasteiger partial charge is 0.338 e. The highest BCUT2D eigenvalue weighted by Gasteiger charge is 2.31. The molecule has 25 heavy (non-hydrogen) atoms. The topological polar surface area (TPSA) is 93.3 Å². The maximum Gasteiger partial charge on any atom is 0.246 e. The van der Waals surface area contributed by atoms with Crippen molar-refractivity contribution in [2.24, 2.45) is 7.05 Å². The molecule has 1 fully saturated rings. The first-order valence-electron chi connectivity index (χ1n) is 7.73. The molecule has 11 heteroatoms. The number of amides is 1. The number of carbonyl (C=O) groups is 1. The Morgan fingerprint density at radius 2 is 1.88 bits per heavy atom. The van der Waals surface area contributed by atoms with Crippen LogP contribution in [0, 0.1) is 6.92 Å². The molecule has 1 saturated heterocycles. The van der Waals surface area contributed by atoms with Crippen LogP contribution in [-0.4, -0.2) is 69.3 Å². The number of piperazine rings is 1. The molecule has 2 aromatic rings. The van der Waals surface area contributed by atoms with Gasteiger partial charge < -0.3 is 4.90 Å². The molecule has 3 heterocycles. The molecule has 1 aliphatic rings. The predicted molar refractivity (Wildman–Crippen MR) is 90.5 cm³/mol. The van der Waals surface area contributed by atoms with Gasteiger partial charge in [-0.3, -0.25) is 14.2 Å². The second kappa shape index (κ2) is 6.77. The molecule has 0 aromatic carbocycles. The normalized spacial score (nSPS) is 16.4. The molecule has 0 aliphatic carbocycles. The van der Waals surface area contributed by atoms with Crippen molar-refractivity contribution in [3.63, 3.8) is 0 Å². The third-order valence-corrected chi connectivity index (χ3v) is 6.46. The first-order valence-corrected chi connectivity index (χ1v) is 9.55. The van der Waals surface area contributed by atoms with E-state index in [1.807, 2.05) is 0 Å². The van der Waals surface area contributed by atoms with Gasteiger partial charge in [-0.15, -0.1) is 0 Å². The summed E-state index contributed by atoms with van der Waals surface area (Å²) in [5.74, 6) is -0.110. The third kappa shape index (κ3) is 3.55. The molecule has 0 radical (unpaired) electrons. The lowest BCUT2D eigenvalue weighted by Crippen LogP contribution is -2.51. The highest BCUT2D eigenvalue weighted by Crippen LogP contribution is 2.17. The summed E-state index contributed by atoms with van der Waals surface area (Å²) >= 11 is 5.94. The molecule has 0 bridgehead atoms. The van der Waals surface area contributed by atoms with Gasteiger partial charge in [0, 0.05) is 39.4 Å². The number of carbonyl (C=O) groups excluding carboxylic acids is 1. The van der Waals surface area contributed by atoms with Crippen molar-refractivity contribution in [1.29, 1.82) is 0 Å². The second-order valence-electron chi connectivity index (χ2n) is 5.87. The van der Waals surface area contributed by atoms with Gasteiger partial charge in [-0.1, -0.05) is 11.6 Å². The van der Waals surface area contributed by atoms with Crippen molar-refractivity contribution in [2.75, 3.05) is 26.2 Å². The number of aryl methyl sites for hydroxylation is 1. The molecule has 1 aliphatic heterocycles. The van der Waals surface area contributed by atoms with E-state index in [0.717, 1.165) is 5.69 Å². The average molecular weight is 387 g/mol. The van der Waals surface area contributed by atoms with E-state index >= 15 is 0 Å². The SMILES string of the molecule is Cc1c(Cl)cnn1CC(=O)N1CCN(S(=O)(=O)c2cnn(C)c2)CC1. The summed E-state index contributed by atoms with van der Waals surface area (Å²) in [5, 5.41) is 8.49. The van der Waals surface area contributed by atoms with Crippen molar-refractivity contribution in [3.8, 4) is 0 Å². The van der Waals surface area contributed by atoms with Gasteiger partial charge in [-0.2, -0.15) is 14.5 Å². The quantitative estimate of drug-likeness (QED) is 0.743. The lowest BCUT2D eigenvalue weighted by Gasteiger charge is -2.33. The Kier molecular flexibility index (Phi) is 4.85. The predicted octanol–water partition coefficient (Wildman–Crippen LogP) is 0.112. The number of halogens is 1. The maximum atomic E-state index is 12.6. The molecular formula is C14H19ClN6O3S. The Balaban J connectivity index is 1.61. The average Bonchev–Trinajstić information content (AvgIpc) is 3.16. The van der Waals surface area contributed by atoms with Gasteiger partial charge in [0.15, 0.2) is 0 Å². The Labute approximate surface area is 150 Å². The van der Waals surface area contributed by atoms with E-state index in [1.165, 1.54) is 27.6 Å². The van der Waals surface area contributed by atoms with Crippen LogP contribution in [0.15, 0.2) is 23.5 Å². The summed E-state index contributed by atoms with van der Waals surface area (Å²) in [6.45, 7) is 3.07. The molecule has 0 N–H and O–H groups in total. The maximum absolute atomic E-state index is 12.6. The molecule has 0 saturated carbocycles. The van der Waals surface area contributed by atoms with Crippen LogP contribution in [0.25, 0.3) is 0 Å². The standard InChI is InChI=1S/C14H19ClN6O3S/c1-11-13(15)8-17-21(11)10-14(22)19-3-5-20(6-4-19)25(23,24)12-7-16-18(2)9-12/h7-9H,3-6,10H2,1-2H3. The summed E-state index contributed by atoms with van der Waals surface area (Å²) in [5.41, 5.74) is 0.729. The fourth-order valence-corrected chi connectivity index (χ4v) is 4.22. The highest BCUT2D eigenvalue weighted by atomic mass is 35.5. The van der Waals surface area contributed by atoms with Gasteiger partial charge in [0.1, 0.15) is 11.4 Å². The molecule has 0 unspecified atom stereocenters. The van der Waals surface area contributed by atoms with Gasteiger partial charge in [-0.25, -0.2) is 8.42 Å². The summed E-state index contributed by atoms with van der Waals surface area (Å²) in [4.78, 5) is 14.2. The zero-order valence-corrected chi connectivity index (χ0v) is 15.5. The molecule has 2 aromatic heterocycles. The van der Waals surface area contributed by atoms with E-state index in [4.69, 9.17) is 11.6 Å². The number of sulfonamides is 1. The van der Waals surface area contributed by atoms with Crippen molar-refractivity contribution in [1.82, 2.24) is 28.8 Å². The van der Waals surface area contributed by atoms with Crippen LogP contribution in [0.1, 0.15) is 5.69 Å². The minimum Gasteiger partial charge on any atom is -0.338 e. The first kappa shape index (κ1) is 17.9. The molecule has 0 spiro atoms. The zero-order valence-electron chi connectivity index (χ0n) is 14.0. The van der Waals surface area contributed by atoms with Crippen LogP contribution < -0.4 is 0 Å². The van der Waals surface area contributed by atoms with E-state index in [1.54, 1.807) is 23.6 Å².